The van der Waals surface area contributed by atoms with Crippen LogP contribution in [0.25, 0.3) is 11.3 Å². The molecule has 4 unspecified atom stereocenters. The van der Waals surface area contributed by atoms with Crippen LogP contribution in [0.2, 0.25) is 0 Å². The minimum atomic E-state index is 0.653. The van der Waals surface area contributed by atoms with Gasteiger partial charge in [0.2, 0.25) is 0 Å². The lowest BCUT2D eigenvalue weighted by atomic mass is 9.84. The van der Waals surface area contributed by atoms with E-state index in [4.69, 9.17) is 4.42 Å². The highest BCUT2D eigenvalue weighted by Gasteiger charge is 2.41. The molecule has 0 spiro atoms. The Balaban J connectivity index is 1.50. The average Bonchev–Trinajstić information content (AvgIpc) is 2.99. The average molecular weight is 295 g/mol. The number of pyridine rings is 1. The van der Waals surface area contributed by atoms with Gasteiger partial charge in [0.25, 0.3) is 0 Å². The van der Waals surface area contributed by atoms with E-state index < -0.39 is 0 Å². The molecular formula is C18H21N3O. The summed E-state index contributed by atoms with van der Waals surface area (Å²) in [6.45, 7) is 5.01. The Morgan fingerprint density at radius 3 is 2.86 bits per heavy atom. The lowest BCUT2D eigenvalue weighted by molar-refractivity contribution is 0.0980. The second-order valence-electron chi connectivity index (χ2n) is 7.14. The molecule has 4 saturated heterocycles. The standard InChI is InChI=1S/C18H21N3O/c1-2-18(22-3-1)15-6-16(8-19-7-15)21-11-14-4-13-5-17(21)12-20(9-13)10-14/h1-3,6-8,13-14,17H,4-5,9-12H2. The van der Waals surface area contributed by atoms with E-state index in [2.05, 4.69) is 20.9 Å². The Morgan fingerprint density at radius 1 is 1.05 bits per heavy atom. The Kier molecular flexibility index (Phi) is 2.80. The van der Waals surface area contributed by atoms with Gasteiger partial charge in [-0.15, -0.1) is 0 Å². The molecule has 4 heteroatoms. The molecule has 0 N–H and O–H groups in total. The van der Waals surface area contributed by atoms with E-state index in [1.54, 1.807) is 6.26 Å². The van der Waals surface area contributed by atoms with Crippen molar-refractivity contribution in [3.05, 3.63) is 36.9 Å². The number of aromatic nitrogens is 1. The zero-order valence-corrected chi connectivity index (χ0v) is 12.7. The van der Waals surface area contributed by atoms with Gasteiger partial charge in [-0.1, -0.05) is 0 Å². The third-order valence-corrected chi connectivity index (χ3v) is 5.53. The number of rotatable bonds is 2. The molecule has 0 amide bonds. The summed E-state index contributed by atoms with van der Waals surface area (Å²) in [6, 6.07) is 6.83. The van der Waals surface area contributed by atoms with Crippen molar-refractivity contribution in [3.63, 3.8) is 0 Å². The highest BCUT2D eigenvalue weighted by atomic mass is 16.3. The molecule has 6 heterocycles. The predicted molar refractivity (Wildman–Crippen MR) is 85.7 cm³/mol. The third-order valence-electron chi connectivity index (χ3n) is 5.53. The summed E-state index contributed by atoms with van der Waals surface area (Å²) >= 11 is 0. The van der Waals surface area contributed by atoms with Gasteiger partial charge < -0.3 is 14.2 Å². The molecule has 22 heavy (non-hydrogen) atoms. The second-order valence-corrected chi connectivity index (χ2v) is 7.14. The highest BCUT2D eigenvalue weighted by molar-refractivity contribution is 5.63. The first kappa shape index (κ1) is 12.7. The molecule has 4 aliphatic rings. The minimum absolute atomic E-state index is 0.653. The van der Waals surface area contributed by atoms with Crippen molar-refractivity contribution < 1.29 is 4.42 Å². The molecule has 114 valence electrons. The Hall–Kier alpha value is -1.81. The van der Waals surface area contributed by atoms with Crippen LogP contribution in [0.4, 0.5) is 5.69 Å². The van der Waals surface area contributed by atoms with Gasteiger partial charge >= 0.3 is 0 Å². The van der Waals surface area contributed by atoms with Crippen molar-refractivity contribution in [1.29, 1.82) is 0 Å². The number of piperidine rings is 2. The molecular weight excluding hydrogens is 274 g/mol. The maximum absolute atomic E-state index is 5.53. The lowest BCUT2D eigenvalue weighted by Gasteiger charge is -2.41. The molecule has 4 nitrogen and oxygen atoms in total. The van der Waals surface area contributed by atoms with E-state index in [-0.39, 0.29) is 0 Å². The smallest absolute Gasteiger partial charge is 0.135 e. The van der Waals surface area contributed by atoms with Crippen LogP contribution >= 0.6 is 0 Å². The van der Waals surface area contributed by atoms with Crippen molar-refractivity contribution >= 4 is 5.69 Å². The molecule has 0 aliphatic carbocycles. The number of hydrogen-bond acceptors (Lipinski definition) is 4. The molecule has 4 aliphatic heterocycles. The van der Waals surface area contributed by atoms with Crippen LogP contribution in [0.5, 0.6) is 0 Å². The fraction of sp³-hybridized carbons (Fsp3) is 0.500. The number of fused-ring (bicyclic) bond motifs is 1. The van der Waals surface area contributed by atoms with Gasteiger partial charge in [-0.25, -0.2) is 0 Å². The zero-order valence-electron chi connectivity index (χ0n) is 12.7. The molecule has 2 aromatic rings. The molecule has 6 rings (SSSR count). The fourth-order valence-corrected chi connectivity index (χ4v) is 4.77. The van der Waals surface area contributed by atoms with Gasteiger partial charge in [-0.2, -0.15) is 0 Å². The highest BCUT2D eigenvalue weighted by Crippen LogP contribution is 2.38. The van der Waals surface area contributed by atoms with Crippen molar-refractivity contribution in [2.24, 2.45) is 11.8 Å². The Bertz CT molecular complexity index is 655. The van der Waals surface area contributed by atoms with Crippen LogP contribution in [0, 0.1) is 11.8 Å². The van der Waals surface area contributed by atoms with Crippen LogP contribution in [0.1, 0.15) is 12.8 Å². The van der Waals surface area contributed by atoms with Crippen LogP contribution in [-0.2, 0) is 0 Å². The van der Waals surface area contributed by atoms with E-state index >= 15 is 0 Å². The van der Waals surface area contributed by atoms with Crippen LogP contribution in [-0.4, -0.2) is 42.1 Å². The minimum Gasteiger partial charge on any atom is -0.464 e. The van der Waals surface area contributed by atoms with Crippen molar-refractivity contribution in [2.45, 2.75) is 18.9 Å². The largest absolute Gasteiger partial charge is 0.464 e. The third kappa shape index (κ3) is 2.05. The van der Waals surface area contributed by atoms with E-state index in [0.717, 1.165) is 23.2 Å². The summed E-state index contributed by atoms with van der Waals surface area (Å²) in [6.07, 6.45) is 8.40. The van der Waals surface area contributed by atoms with E-state index in [1.165, 1.54) is 44.7 Å². The van der Waals surface area contributed by atoms with Gasteiger partial charge in [0.15, 0.2) is 0 Å². The monoisotopic (exact) mass is 295 g/mol. The van der Waals surface area contributed by atoms with E-state index in [0.29, 0.717) is 6.04 Å². The van der Waals surface area contributed by atoms with Crippen molar-refractivity contribution in [2.75, 3.05) is 31.1 Å². The SMILES string of the molecule is c1coc(-c2cncc(N3CC4CC5CC3CN(C5)C4)c2)c1. The molecule has 4 bridgehead atoms. The summed E-state index contributed by atoms with van der Waals surface area (Å²) in [7, 11) is 0. The normalized spacial score (nSPS) is 33.2. The topological polar surface area (TPSA) is 32.5 Å². The first-order chi connectivity index (χ1) is 10.8. The number of hydrogen-bond donors (Lipinski definition) is 0. The summed E-state index contributed by atoms with van der Waals surface area (Å²) < 4.78 is 5.53. The molecule has 2 aromatic heterocycles. The van der Waals surface area contributed by atoms with Crippen LogP contribution in [0.15, 0.2) is 41.3 Å². The number of anilines is 1. The lowest BCUT2D eigenvalue weighted by Crippen LogP contribution is -2.49. The molecule has 0 aromatic carbocycles. The molecule has 0 saturated carbocycles. The first-order valence-electron chi connectivity index (χ1n) is 8.33. The first-order valence-corrected chi connectivity index (χ1v) is 8.33. The van der Waals surface area contributed by atoms with Crippen LogP contribution in [0.3, 0.4) is 0 Å². The fourth-order valence-electron chi connectivity index (χ4n) is 4.77. The zero-order chi connectivity index (χ0) is 14.5. The maximum atomic E-state index is 5.53. The summed E-state index contributed by atoms with van der Waals surface area (Å²) in [5.41, 5.74) is 2.33. The summed E-state index contributed by atoms with van der Waals surface area (Å²) in [5.74, 6) is 2.63. The van der Waals surface area contributed by atoms with Gasteiger partial charge in [0.1, 0.15) is 5.76 Å². The van der Waals surface area contributed by atoms with Gasteiger partial charge in [-0.3, -0.25) is 4.98 Å². The Morgan fingerprint density at radius 2 is 2.00 bits per heavy atom. The van der Waals surface area contributed by atoms with Crippen LogP contribution < -0.4 is 4.90 Å². The van der Waals surface area contributed by atoms with E-state index in [9.17, 15) is 0 Å². The molecule has 4 atom stereocenters. The summed E-state index contributed by atoms with van der Waals surface area (Å²) in [4.78, 5) is 9.77. The predicted octanol–water partition coefficient (Wildman–Crippen LogP) is 2.87. The number of nitrogens with zero attached hydrogens (tertiary/aromatic N) is 3. The van der Waals surface area contributed by atoms with Gasteiger partial charge in [-0.05, 0) is 42.9 Å². The Labute approximate surface area is 130 Å². The van der Waals surface area contributed by atoms with Gasteiger partial charge in [0.05, 0.1) is 18.1 Å². The van der Waals surface area contributed by atoms with Gasteiger partial charge in [0, 0.05) is 44.0 Å². The van der Waals surface area contributed by atoms with Crippen molar-refractivity contribution in [3.8, 4) is 11.3 Å². The maximum Gasteiger partial charge on any atom is 0.135 e. The number of furan rings is 1. The molecule has 0 radical (unpaired) electrons. The second kappa shape index (κ2) is 4.85. The summed E-state index contributed by atoms with van der Waals surface area (Å²) in [5, 5.41) is 0. The van der Waals surface area contributed by atoms with Crippen molar-refractivity contribution in [1.82, 2.24) is 9.88 Å². The quantitative estimate of drug-likeness (QED) is 0.853. The molecule has 4 fully saturated rings. The van der Waals surface area contributed by atoms with E-state index in [1.807, 2.05) is 24.5 Å².